The minimum Gasteiger partial charge on any atom is -0.383 e. The van der Waals surface area contributed by atoms with Crippen LogP contribution >= 0.6 is 0 Å². The van der Waals surface area contributed by atoms with Crippen molar-refractivity contribution in [3.05, 3.63) is 18.2 Å². The number of hydrogen-bond acceptors (Lipinski definition) is 3. The Balaban J connectivity index is 1.97. The minimum atomic E-state index is 0.792. The molecule has 1 aliphatic rings. The number of nitrogens with zero attached hydrogens (tertiary/aromatic N) is 4. The molecule has 2 aromatic rings. The molecule has 0 aliphatic carbocycles. The summed E-state index contributed by atoms with van der Waals surface area (Å²) in [5.41, 5.74) is 8.13. The number of imidazole rings is 1. The zero-order valence-electron chi connectivity index (χ0n) is 10.8. The molecule has 0 atom stereocenters. The highest BCUT2D eigenvalue weighted by Gasteiger charge is 2.19. The number of nitrogen functional groups attached to an aromatic ring is 1. The van der Waals surface area contributed by atoms with Gasteiger partial charge < -0.3 is 10.3 Å². The fourth-order valence-electron chi connectivity index (χ4n) is 2.56. The maximum atomic E-state index is 6.20. The van der Waals surface area contributed by atoms with Gasteiger partial charge in [-0.25, -0.2) is 4.98 Å². The molecule has 3 heterocycles. The Bertz CT molecular complexity index is 552. The van der Waals surface area contributed by atoms with E-state index in [0.717, 1.165) is 48.8 Å². The van der Waals surface area contributed by atoms with Crippen LogP contribution in [0.4, 0.5) is 5.82 Å². The molecule has 0 aromatic carbocycles. The van der Waals surface area contributed by atoms with Gasteiger partial charge in [0.2, 0.25) is 0 Å². The Morgan fingerprint density at radius 3 is 3.06 bits per heavy atom. The van der Waals surface area contributed by atoms with Crippen LogP contribution in [0, 0.1) is 0 Å². The summed E-state index contributed by atoms with van der Waals surface area (Å²) in [4.78, 5) is 4.68. The van der Waals surface area contributed by atoms with Gasteiger partial charge in [0.15, 0.2) is 0 Å². The highest BCUT2D eigenvalue weighted by atomic mass is 15.3. The summed E-state index contributed by atoms with van der Waals surface area (Å²) in [5.74, 6) is 1.91. The van der Waals surface area contributed by atoms with Gasteiger partial charge in [-0.05, 0) is 19.3 Å². The molecule has 0 saturated carbocycles. The molecule has 18 heavy (non-hydrogen) atoms. The molecular formula is C13H19N5. The third kappa shape index (κ3) is 1.79. The van der Waals surface area contributed by atoms with E-state index in [4.69, 9.17) is 5.73 Å². The van der Waals surface area contributed by atoms with Crippen LogP contribution in [0.1, 0.15) is 32.0 Å². The lowest BCUT2D eigenvalue weighted by atomic mass is 10.2. The molecule has 1 aliphatic heterocycles. The molecule has 2 N–H and O–H groups in total. The van der Waals surface area contributed by atoms with Crippen LogP contribution in [-0.2, 0) is 19.5 Å². The molecule has 96 valence electrons. The van der Waals surface area contributed by atoms with Crippen molar-refractivity contribution in [1.82, 2.24) is 19.3 Å². The minimum absolute atomic E-state index is 0.792. The van der Waals surface area contributed by atoms with Crippen LogP contribution in [-0.4, -0.2) is 19.3 Å². The first-order valence-electron chi connectivity index (χ1n) is 6.67. The molecule has 5 nitrogen and oxygen atoms in total. The number of rotatable bonds is 3. The summed E-state index contributed by atoms with van der Waals surface area (Å²) in [6.07, 6.45) is 8.42. The van der Waals surface area contributed by atoms with Gasteiger partial charge in [0.25, 0.3) is 0 Å². The number of hydrogen-bond donors (Lipinski definition) is 1. The van der Waals surface area contributed by atoms with Crippen molar-refractivity contribution in [2.75, 3.05) is 5.73 Å². The van der Waals surface area contributed by atoms with Crippen molar-refractivity contribution < 1.29 is 0 Å². The molecule has 3 rings (SSSR count). The monoisotopic (exact) mass is 245 g/mol. The average molecular weight is 245 g/mol. The summed E-state index contributed by atoms with van der Waals surface area (Å²) in [6.45, 7) is 4.08. The van der Waals surface area contributed by atoms with Crippen molar-refractivity contribution in [2.45, 2.75) is 45.7 Å². The zero-order chi connectivity index (χ0) is 12.5. The third-order valence-electron chi connectivity index (χ3n) is 3.48. The highest BCUT2D eigenvalue weighted by molar-refractivity contribution is 5.70. The smallest absolute Gasteiger partial charge is 0.131 e. The van der Waals surface area contributed by atoms with E-state index in [9.17, 15) is 0 Å². The lowest BCUT2D eigenvalue weighted by Crippen LogP contribution is -2.12. The number of aryl methyl sites for hydroxylation is 2. The van der Waals surface area contributed by atoms with Gasteiger partial charge in [0.1, 0.15) is 17.3 Å². The molecule has 0 amide bonds. The standard InChI is InChI=1S/C13H19N5/c1-2-6-17-9-10(8-15-17)12-13(14)18-7-4-3-5-11(18)16-12/h8-9H,2-7,14H2,1H3. The summed E-state index contributed by atoms with van der Waals surface area (Å²) in [7, 11) is 0. The molecule has 0 bridgehead atoms. The maximum Gasteiger partial charge on any atom is 0.131 e. The average Bonchev–Trinajstić information content (AvgIpc) is 2.96. The molecule has 0 spiro atoms. The van der Waals surface area contributed by atoms with Crippen molar-refractivity contribution in [1.29, 1.82) is 0 Å². The van der Waals surface area contributed by atoms with Crippen molar-refractivity contribution >= 4 is 5.82 Å². The first-order valence-corrected chi connectivity index (χ1v) is 6.67. The Morgan fingerprint density at radius 2 is 2.28 bits per heavy atom. The van der Waals surface area contributed by atoms with Gasteiger partial charge in [0.05, 0.1) is 6.20 Å². The van der Waals surface area contributed by atoms with Gasteiger partial charge in [0, 0.05) is 31.3 Å². The third-order valence-corrected chi connectivity index (χ3v) is 3.48. The largest absolute Gasteiger partial charge is 0.383 e. The molecule has 0 fully saturated rings. The fourth-order valence-corrected chi connectivity index (χ4v) is 2.56. The van der Waals surface area contributed by atoms with Crippen LogP contribution < -0.4 is 5.73 Å². The first kappa shape index (κ1) is 11.3. The Hall–Kier alpha value is -1.78. The van der Waals surface area contributed by atoms with Crippen molar-refractivity contribution in [3.63, 3.8) is 0 Å². The Labute approximate surface area is 107 Å². The topological polar surface area (TPSA) is 61.7 Å². The van der Waals surface area contributed by atoms with Crippen LogP contribution in [0.15, 0.2) is 12.4 Å². The molecule has 0 radical (unpaired) electrons. The molecule has 0 saturated heterocycles. The van der Waals surface area contributed by atoms with Crippen LogP contribution in [0.3, 0.4) is 0 Å². The molecule has 0 unspecified atom stereocenters. The van der Waals surface area contributed by atoms with Gasteiger partial charge in [-0.1, -0.05) is 6.92 Å². The van der Waals surface area contributed by atoms with Crippen LogP contribution in [0.25, 0.3) is 11.3 Å². The van der Waals surface area contributed by atoms with Gasteiger partial charge in [-0.2, -0.15) is 5.10 Å². The van der Waals surface area contributed by atoms with Gasteiger partial charge >= 0.3 is 0 Å². The van der Waals surface area contributed by atoms with E-state index >= 15 is 0 Å². The lowest BCUT2D eigenvalue weighted by molar-refractivity contribution is 0.527. The quantitative estimate of drug-likeness (QED) is 0.900. The van der Waals surface area contributed by atoms with E-state index in [0.29, 0.717) is 0 Å². The summed E-state index contributed by atoms with van der Waals surface area (Å²) < 4.78 is 4.10. The second-order valence-electron chi connectivity index (χ2n) is 4.86. The van der Waals surface area contributed by atoms with E-state index < -0.39 is 0 Å². The second kappa shape index (κ2) is 4.48. The highest BCUT2D eigenvalue weighted by Crippen LogP contribution is 2.29. The number of anilines is 1. The lowest BCUT2D eigenvalue weighted by Gasteiger charge is -2.13. The van der Waals surface area contributed by atoms with E-state index in [1.165, 1.54) is 12.8 Å². The van der Waals surface area contributed by atoms with Crippen molar-refractivity contribution in [3.8, 4) is 11.3 Å². The number of nitrogens with two attached hydrogens (primary N) is 1. The predicted molar refractivity (Wildman–Crippen MR) is 71.1 cm³/mol. The predicted octanol–water partition coefficient (Wildman–Crippen LogP) is 2.08. The van der Waals surface area contributed by atoms with E-state index in [1.54, 1.807) is 0 Å². The SMILES string of the molecule is CCCn1cc(-c2nc3n(c2N)CCCC3)cn1. The summed E-state index contributed by atoms with van der Waals surface area (Å²) in [5, 5.41) is 4.34. The normalized spacial score (nSPS) is 14.7. The van der Waals surface area contributed by atoms with Crippen LogP contribution in [0.5, 0.6) is 0 Å². The fraction of sp³-hybridized carbons (Fsp3) is 0.538. The number of fused-ring (bicyclic) bond motifs is 1. The molecule has 2 aromatic heterocycles. The second-order valence-corrected chi connectivity index (χ2v) is 4.86. The maximum absolute atomic E-state index is 6.20. The Kier molecular flexibility index (Phi) is 2.81. The first-order chi connectivity index (χ1) is 8.79. The zero-order valence-corrected chi connectivity index (χ0v) is 10.8. The van der Waals surface area contributed by atoms with E-state index in [-0.39, 0.29) is 0 Å². The molecule has 5 heteroatoms. The van der Waals surface area contributed by atoms with Crippen molar-refractivity contribution in [2.24, 2.45) is 0 Å². The Morgan fingerprint density at radius 1 is 1.39 bits per heavy atom. The summed E-state index contributed by atoms with van der Waals surface area (Å²) >= 11 is 0. The van der Waals surface area contributed by atoms with Gasteiger partial charge in [-0.3, -0.25) is 4.68 Å². The number of aromatic nitrogens is 4. The van der Waals surface area contributed by atoms with Gasteiger partial charge in [-0.15, -0.1) is 0 Å². The van der Waals surface area contributed by atoms with E-state index in [2.05, 4.69) is 21.6 Å². The van der Waals surface area contributed by atoms with Crippen LogP contribution in [0.2, 0.25) is 0 Å². The van der Waals surface area contributed by atoms with E-state index in [1.807, 2.05) is 17.1 Å². The summed E-state index contributed by atoms with van der Waals surface area (Å²) in [6, 6.07) is 0. The molecular weight excluding hydrogens is 226 g/mol.